The van der Waals surface area contributed by atoms with Gasteiger partial charge in [-0.1, -0.05) is 55.1 Å². The predicted octanol–water partition coefficient (Wildman–Crippen LogP) is 3.75. The fourth-order valence-corrected chi connectivity index (χ4v) is 3.93. The van der Waals surface area contributed by atoms with Crippen LogP contribution in [0.1, 0.15) is 24.2 Å². The molecule has 0 spiro atoms. The zero-order valence-electron chi connectivity index (χ0n) is 14.2. The fourth-order valence-electron chi connectivity index (χ4n) is 2.77. The first kappa shape index (κ1) is 18.0. The molecule has 0 amide bonds. The number of thioether (sulfide) groups is 1. The number of carbonyl (C=O) groups is 1. The number of aliphatic hydroxyl groups excluding tert-OH is 1. The van der Waals surface area contributed by atoms with Crippen LogP contribution < -0.4 is 0 Å². The Balaban J connectivity index is 1.79. The van der Waals surface area contributed by atoms with Gasteiger partial charge in [0.15, 0.2) is 6.10 Å². The van der Waals surface area contributed by atoms with E-state index < -0.39 is 23.6 Å². The van der Waals surface area contributed by atoms with Crippen LogP contribution in [0.2, 0.25) is 0 Å². The highest BCUT2D eigenvalue weighted by Crippen LogP contribution is 2.37. The van der Waals surface area contributed by atoms with Crippen molar-refractivity contribution in [1.82, 2.24) is 0 Å². The van der Waals surface area contributed by atoms with E-state index in [1.54, 1.807) is 24.3 Å². The van der Waals surface area contributed by atoms with Crippen molar-refractivity contribution in [1.29, 1.82) is 0 Å². The topological polar surface area (TPSA) is 55.8 Å². The van der Waals surface area contributed by atoms with Crippen LogP contribution >= 0.6 is 11.8 Å². The lowest BCUT2D eigenvalue weighted by molar-refractivity contribution is -0.163. The van der Waals surface area contributed by atoms with Crippen LogP contribution in [0, 0.1) is 5.92 Å². The average Bonchev–Trinajstić information content (AvgIpc) is 2.64. The molecule has 1 N–H and O–H groups in total. The Labute approximate surface area is 152 Å². The second-order valence-corrected chi connectivity index (χ2v) is 7.40. The van der Waals surface area contributed by atoms with E-state index in [9.17, 15) is 9.90 Å². The molecule has 0 saturated carbocycles. The highest BCUT2D eigenvalue weighted by molar-refractivity contribution is 7.99. The van der Waals surface area contributed by atoms with E-state index in [2.05, 4.69) is 0 Å². The van der Waals surface area contributed by atoms with Crippen LogP contribution in [0.4, 0.5) is 0 Å². The second-order valence-electron chi connectivity index (χ2n) is 6.23. The molecule has 1 heterocycles. The van der Waals surface area contributed by atoms with E-state index >= 15 is 0 Å². The summed E-state index contributed by atoms with van der Waals surface area (Å²) in [5, 5.41) is 10.7. The largest absolute Gasteiger partial charge is 0.452 e. The Morgan fingerprint density at radius 3 is 2.28 bits per heavy atom. The minimum absolute atomic E-state index is 0.122. The maximum absolute atomic E-state index is 12.4. The van der Waals surface area contributed by atoms with Gasteiger partial charge in [-0.2, -0.15) is 0 Å². The molecule has 0 radical (unpaired) electrons. The zero-order chi connectivity index (χ0) is 17.8. The first-order chi connectivity index (χ1) is 12.1. The molecule has 25 heavy (non-hydrogen) atoms. The summed E-state index contributed by atoms with van der Waals surface area (Å²) in [5.74, 6) is -0.574. The van der Waals surface area contributed by atoms with Gasteiger partial charge in [-0.25, -0.2) is 4.79 Å². The third-order valence-corrected chi connectivity index (χ3v) is 5.64. The number of hydrogen-bond donors (Lipinski definition) is 1. The lowest BCUT2D eigenvalue weighted by Crippen LogP contribution is -2.53. The quantitative estimate of drug-likeness (QED) is 0.844. The minimum Gasteiger partial charge on any atom is -0.452 e. The number of rotatable bonds is 4. The van der Waals surface area contributed by atoms with E-state index in [1.165, 1.54) is 11.8 Å². The van der Waals surface area contributed by atoms with Crippen LogP contribution in [0.25, 0.3) is 0 Å². The molecule has 0 aliphatic carbocycles. The molecular formula is C20H22O4S. The third-order valence-electron chi connectivity index (χ3n) is 4.48. The molecule has 4 nitrogen and oxygen atoms in total. The number of ether oxygens (including phenoxy) is 2. The van der Waals surface area contributed by atoms with Gasteiger partial charge < -0.3 is 14.6 Å². The smallest absolute Gasteiger partial charge is 0.338 e. The van der Waals surface area contributed by atoms with Crippen LogP contribution in [-0.2, 0) is 9.47 Å². The van der Waals surface area contributed by atoms with Gasteiger partial charge in [-0.3, -0.25) is 0 Å². The minimum atomic E-state index is -0.780. The standard InChI is InChI=1S/C20H22O4S/c1-13-14(2)23-20(25-16-11-7-4-8-12-16)18(17(13)21)24-19(22)15-9-5-3-6-10-15/h3-14,17-18,20-21H,1-2H3/t13-,14?,17-,18?,20-/m0/s1. The predicted molar refractivity (Wildman–Crippen MR) is 97.5 cm³/mol. The van der Waals surface area contributed by atoms with E-state index in [0.717, 1.165) is 4.90 Å². The summed E-state index contributed by atoms with van der Waals surface area (Å²) in [4.78, 5) is 13.4. The van der Waals surface area contributed by atoms with Crippen molar-refractivity contribution in [2.75, 3.05) is 0 Å². The van der Waals surface area contributed by atoms with Crippen molar-refractivity contribution in [3.05, 3.63) is 66.2 Å². The van der Waals surface area contributed by atoms with Crippen LogP contribution in [0.15, 0.2) is 65.6 Å². The van der Waals surface area contributed by atoms with Crippen LogP contribution in [0.3, 0.4) is 0 Å². The summed E-state index contributed by atoms with van der Waals surface area (Å²) in [5.41, 5.74) is 0.000647. The van der Waals surface area contributed by atoms with Crippen molar-refractivity contribution >= 4 is 17.7 Å². The fraction of sp³-hybridized carbons (Fsp3) is 0.350. The Morgan fingerprint density at radius 1 is 1.04 bits per heavy atom. The zero-order valence-corrected chi connectivity index (χ0v) is 15.1. The van der Waals surface area contributed by atoms with Gasteiger partial charge in [0.1, 0.15) is 5.44 Å². The molecule has 2 aromatic rings. The van der Waals surface area contributed by atoms with Crippen molar-refractivity contribution < 1.29 is 19.4 Å². The van der Waals surface area contributed by atoms with E-state index in [-0.39, 0.29) is 12.0 Å². The van der Waals surface area contributed by atoms with Crippen molar-refractivity contribution in [2.24, 2.45) is 5.92 Å². The normalized spacial score (nSPS) is 29.2. The highest BCUT2D eigenvalue weighted by atomic mass is 32.2. The number of carbonyl (C=O) groups excluding carboxylic acids is 1. The van der Waals surface area contributed by atoms with Gasteiger partial charge in [0.2, 0.25) is 0 Å². The maximum atomic E-state index is 12.4. The highest BCUT2D eigenvalue weighted by Gasteiger charge is 2.44. The lowest BCUT2D eigenvalue weighted by atomic mass is 9.92. The van der Waals surface area contributed by atoms with Crippen molar-refractivity contribution in [3.8, 4) is 0 Å². The molecule has 1 aliphatic heterocycles. The second kappa shape index (κ2) is 8.04. The van der Waals surface area contributed by atoms with Gasteiger partial charge >= 0.3 is 5.97 Å². The first-order valence-corrected chi connectivity index (χ1v) is 9.25. The number of esters is 1. The van der Waals surface area contributed by atoms with E-state index in [4.69, 9.17) is 9.47 Å². The molecule has 5 heteroatoms. The Kier molecular flexibility index (Phi) is 5.78. The number of aliphatic hydroxyl groups is 1. The summed E-state index contributed by atoms with van der Waals surface area (Å²) >= 11 is 1.46. The number of hydrogen-bond acceptors (Lipinski definition) is 5. The SMILES string of the molecule is CC1O[C@@H](Sc2ccccc2)C(OC(=O)c2ccccc2)[C@@H](O)[C@H]1C. The molecular weight excluding hydrogens is 336 g/mol. The summed E-state index contributed by atoms with van der Waals surface area (Å²) in [7, 11) is 0. The molecule has 1 fully saturated rings. The average molecular weight is 358 g/mol. The van der Waals surface area contributed by atoms with Gasteiger partial charge in [0.25, 0.3) is 0 Å². The summed E-state index contributed by atoms with van der Waals surface area (Å²) in [6.45, 7) is 3.84. The molecule has 1 saturated heterocycles. The van der Waals surface area contributed by atoms with E-state index in [0.29, 0.717) is 5.56 Å². The molecule has 0 bridgehead atoms. The third kappa shape index (κ3) is 4.24. The van der Waals surface area contributed by atoms with Gasteiger partial charge in [0.05, 0.1) is 17.8 Å². The molecule has 0 aromatic heterocycles. The summed E-state index contributed by atoms with van der Waals surface area (Å²) in [6, 6.07) is 18.6. The number of benzene rings is 2. The first-order valence-electron chi connectivity index (χ1n) is 8.37. The molecule has 5 atom stereocenters. The van der Waals surface area contributed by atoms with Gasteiger partial charge in [0, 0.05) is 10.8 Å². The Bertz CT molecular complexity index is 691. The van der Waals surface area contributed by atoms with Gasteiger partial charge in [-0.05, 0) is 31.2 Å². The van der Waals surface area contributed by atoms with Crippen LogP contribution in [-0.4, -0.2) is 34.8 Å². The van der Waals surface area contributed by atoms with Crippen molar-refractivity contribution in [2.45, 2.75) is 42.5 Å². The maximum Gasteiger partial charge on any atom is 0.338 e. The monoisotopic (exact) mass is 358 g/mol. The Hall–Kier alpha value is -1.82. The molecule has 132 valence electrons. The summed E-state index contributed by atoms with van der Waals surface area (Å²) in [6.07, 6.45) is -1.63. The lowest BCUT2D eigenvalue weighted by Gasteiger charge is -2.41. The molecule has 2 unspecified atom stereocenters. The molecule has 2 aromatic carbocycles. The molecule has 3 rings (SSSR count). The molecule has 1 aliphatic rings. The van der Waals surface area contributed by atoms with Gasteiger partial charge in [-0.15, -0.1) is 0 Å². The van der Waals surface area contributed by atoms with Crippen LogP contribution in [0.5, 0.6) is 0 Å². The summed E-state index contributed by atoms with van der Waals surface area (Å²) < 4.78 is 11.7. The Morgan fingerprint density at radius 2 is 1.64 bits per heavy atom. The van der Waals surface area contributed by atoms with E-state index in [1.807, 2.05) is 50.2 Å². The van der Waals surface area contributed by atoms with Crippen molar-refractivity contribution in [3.63, 3.8) is 0 Å².